The number of ether oxygens (including phenoxy) is 1. The van der Waals surface area contributed by atoms with E-state index >= 15 is 0 Å². The molecule has 0 saturated heterocycles. The van der Waals surface area contributed by atoms with Crippen LogP contribution >= 0.6 is 0 Å². The number of nitrogens with two attached hydrogens (primary N) is 1. The second kappa shape index (κ2) is 22.7. The number of hydrogen-bond acceptors (Lipinski definition) is 8. The fraction of sp³-hybridized carbons (Fsp3) is 0.438. The van der Waals surface area contributed by atoms with Gasteiger partial charge in [-0.05, 0) is 66.5 Å². The number of fused-ring (bicyclic) bond motifs is 1. The van der Waals surface area contributed by atoms with E-state index in [1.54, 1.807) is 34.6 Å². The Bertz CT molecular complexity index is 2050. The SMILES string of the molecule is CC(C)CN(CO)C(=O)[C@H](Cc1cccc2ccccc12)NC(=O)C[C@H](N)[C@H](Cc1ccccc1)NC(=O)[C@@H](NC(=O)[C@H](Cc1ccccc1)NC(=O)OC(C)(C)C)C(C)C. The maximum absolute atomic E-state index is 14.2. The molecule has 0 unspecified atom stereocenters. The molecule has 5 atom stereocenters. The summed E-state index contributed by atoms with van der Waals surface area (Å²) < 4.78 is 5.45. The molecule has 0 heterocycles. The second-order valence-electron chi connectivity index (χ2n) is 17.4. The maximum Gasteiger partial charge on any atom is 0.408 e. The molecule has 13 nitrogen and oxygen atoms in total. The number of nitrogens with one attached hydrogen (secondary N) is 4. The van der Waals surface area contributed by atoms with E-state index < -0.39 is 72.3 Å². The van der Waals surface area contributed by atoms with E-state index in [4.69, 9.17) is 10.5 Å². The van der Waals surface area contributed by atoms with Crippen molar-refractivity contribution in [1.29, 1.82) is 0 Å². The van der Waals surface area contributed by atoms with E-state index in [0.29, 0.717) is 6.54 Å². The number of hydrogen-bond donors (Lipinski definition) is 6. The molecule has 0 radical (unpaired) electrons. The lowest BCUT2D eigenvalue weighted by Gasteiger charge is -2.31. The highest BCUT2D eigenvalue weighted by molar-refractivity contribution is 5.92. The molecule has 0 aromatic heterocycles. The van der Waals surface area contributed by atoms with Gasteiger partial charge in [0.2, 0.25) is 23.6 Å². The lowest BCUT2D eigenvalue weighted by atomic mass is 9.95. The third-order valence-electron chi connectivity index (χ3n) is 10.1. The van der Waals surface area contributed by atoms with Crippen molar-refractivity contribution in [3.8, 4) is 0 Å². The average Bonchev–Trinajstić information content (AvgIpc) is 3.20. The topological polar surface area (TPSA) is 192 Å². The van der Waals surface area contributed by atoms with Crippen LogP contribution in [0.3, 0.4) is 0 Å². The van der Waals surface area contributed by atoms with Gasteiger partial charge < -0.3 is 41.7 Å². The lowest BCUT2D eigenvalue weighted by molar-refractivity contribution is -0.140. The molecule has 4 rings (SSSR count). The molecule has 13 heteroatoms. The molecule has 0 aliphatic heterocycles. The van der Waals surface area contributed by atoms with Crippen LogP contribution in [0.2, 0.25) is 0 Å². The van der Waals surface area contributed by atoms with E-state index in [1.807, 2.05) is 117 Å². The summed E-state index contributed by atoms with van der Waals surface area (Å²) in [4.78, 5) is 70.3. The Morgan fingerprint density at radius 1 is 0.689 bits per heavy atom. The smallest absolute Gasteiger partial charge is 0.408 e. The minimum absolute atomic E-state index is 0.0659. The van der Waals surface area contributed by atoms with Crippen LogP contribution in [-0.4, -0.2) is 88.8 Å². The van der Waals surface area contributed by atoms with E-state index in [-0.39, 0.29) is 37.5 Å². The summed E-state index contributed by atoms with van der Waals surface area (Å²) >= 11 is 0. The molecule has 0 aliphatic carbocycles. The Morgan fingerprint density at radius 2 is 1.28 bits per heavy atom. The van der Waals surface area contributed by atoms with Crippen LogP contribution in [0.25, 0.3) is 10.8 Å². The number of aliphatic hydroxyl groups is 1. The molecule has 5 amide bonds. The minimum Gasteiger partial charge on any atom is -0.444 e. The van der Waals surface area contributed by atoms with Gasteiger partial charge in [0, 0.05) is 37.9 Å². The largest absolute Gasteiger partial charge is 0.444 e. The second-order valence-corrected chi connectivity index (χ2v) is 17.4. The number of carbonyl (C=O) groups excluding carboxylic acids is 5. The maximum atomic E-state index is 14.2. The normalized spacial score (nSPS) is 14.0. The van der Waals surface area contributed by atoms with Crippen molar-refractivity contribution >= 4 is 40.5 Å². The van der Waals surface area contributed by atoms with Crippen LogP contribution in [-0.2, 0) is 43.2 Å². The minimum atomic E-state index is -1.07. The number of alkyl carbamates (subject to hydrolysis) is 1. The summed E-state index contributed by atoms with van der Waals surface area (Å²) in [6.45, 7) is 12.4. The standard InChI is InChI=1S/C48H64N6O7/c1-31(2)29-54(30-55)46(59)41(27-36-23-16-22-35-21-14-15-24-37(35)36)50-42(56)28-38(49)39(25-33-17-10-8-11-18-33)51-45(58)43(32(3)4)53-44(57)40(26-34-19-12-9-13-20-34)52-47(60)61-48(5,6)7/h8-24,31-32,38-41,43,55H,25-30,49H2,1-7H3,(H,50,56)(H,51,58)(H,52,60)(H,53,57)/t38-,39-,40-,41-,43-/m0/s1. The third kappa shape index (κ3) is 15.3. The highest BCUT2D eigenvalue weighted by Crippen LogP contribution is 2.21. The number of carbonyl (C=O) groups is 5. The van der Waals surface area contributed by atoms with Gasteiger partial charge in [-0.3, -0.25) is 19.2 Å². The predicted octanol–water partition coefficient (Wildman–Crippen LogP) is 5.02. The quantitative estimate of drug-likeness (QED) is 0.0669. The van der Waals surface area contributed by atoms with Gasteiger partial charge in [-0.2, -0.15) is 0 Å². The Balaban J connectivity index is 1.56. The van der Waals surface area contributed by atoms with E-state index in [1.165, 1.54) is 4.90 Å². The molecule has 0 spiro atoms. The molecule has 4 aromatic rings. The molecule has 7 N–H and O–H groups in total. The van der Waals surface area contributed by atoms with Crippen molar-refractivity contribution in [2.75, 3.05) is 13.3 Å². The van der Waals surface area contributed by atoms with Crippen LogP contribution in [0.5, 0.6) is 0 Å². The van der Waals surface area contributed by atoms with E-state index in [0.717, 1.165) is 27.5 Å². The molecule has 0 fully saturated rings. The molecule has 0 saturated carbocycles. The summed E-state index contributed by atoms with van der Waals surface area (Å²) in [7, 11) is 0. The molecular weight excluding hydrogens is 773 g/mol. The van der Waals surface area contributed by atoms with Gasteiger partial charge in [0.25, 0.3) is 0 Å². The van der Waals surface area contributed by atoms with Gasteiger partial charge in [0.1, 0.15) is 30.5 Å². The number of rotatable bonds is 20. The number of amides is 5. The van der Waals surface area contributed by atoms with Gasteiger partial charge in [-0.15, -0.1) is 0 Å². The van der Waals surface area contributed by atoms with E-state index in [2.05, 4.69) is 21.3 Å². The first-order chi connectivity index (χ1) is 28.9. The van der Waals surface area contributed by atoms with Crippen LogP contribution < -0.4 is 27.0 Å². The first-order valence-electron chi connectivity index (χ1n) is 21.0. The Labute approximate surface area is 360 Å². The van der Waals surface area contributed by atoms with Crippen LogP contribution in [0.4, 0.5) is 4.79 Å². The summed E-state index contributed by atoms with van der Waals surface area (Å²) in [5.74, 6) is -2.36. The first kappa shape index (κ1) is 47.9. The fourth-order valence-electron chi connectivity index (χ4n) is 7.13. The van der Waals surface area contributed by atoms with Crippen molar-refractivity contribution in [3.05, 3.63) is 120 Å². The van der Waals surface area contributed by atoms with Crippen LogP contribution in [0, 0.1) is 11.8 Å². The van der Waals surface area contributed by atoms with Crippen molar-refractivity contribution in [3.63, 3.8) is 0 Å². The zero-order valence-corrected chi connectivity index (χ0v) is 36.5. The number of aliphatic hydroxyl groups excluding tert-OH is 1. The summed E-state index contributed by atoms with van der Waals surface area (Å²) in [6, 6.07) is 27.3. The molecule has 4 aromatic carbocycles. The Kier molecular flexibility index (Phi) is 17.8. The predicted molar refractivity (Wildman–Crippen MR) is 238 cm³/mol. The highest BCUT2D eigenvalue weighted by Gasteiger charge is 2.34. The van der Waals surface area contributed by atoms with Crippen molar-refractivity contribution < 1.29 is 33.8 Å². The zero-order chi connectivity index (χ0) is 44.7. The summed E-state index contributed by atoms with van der Waals surface area (Å²) in [5, 5.41) is 23.6. The third-order valence-corrected chi connectivity index (χ3v) is 10.1. The monoisotopic (exact) mass is 836 g/mol. The van der Waals surface area contributed by atoms with Gasteiger partial charge in [-0.25, -0.2) is 4.79 Å². The van der Waals surface area contributed by atoms with Gasteiger partial charge in [-0.1, -0.05) is 131 Å². The van der Waals surface area contributed by atoms with E-state index in [9.17, 15) is 29.1 Å². The summed E-state index contributed by atoms with van der Waals surface area (Å²) in [5.41, 5.74) is 8.50. The van der Waals surface area contributed by atoms with Crippen LogP contribution in [0.1, 0.15) is 71.6 Å². The molecule has 0 aliphatic rings. The number of nitrogens with zero attached hydrogens (tertiary/aromatic N) is 1. The molecule has 0 bridgehead atoms. The van der Waals surface area contributed by atoms with Crippen molar-refractivity contribution in [1.82, 2.24) is 26.2 Å². The number of benzene rings is 4. The van der Waals surface area contributed by atoms with Crippen molar-refractivity contribution in [2.24, 2.45) is 17.6 Å². The summed E-state index contributed by atoms with van der Waals surface area (Å²) in [6.07, 6.45) is -0.443. The lowest BCUT2D eigenvalue weighted by Crippen LogP contribution is -2.60. The molecule has 61 heavy (non-hydrogen) atoms. The van der Waals surface area contributed by atoms with Gasteiger partial charge >= 0.3 is 6.09 Å². The van der Waals surface area contributed by atoms with Gasteiger partial charge in [0.15, 0.2) is 0 Å². The zero-order valence-electron chi connectivity index (χ0n) is 36.5. The molecular formula is C48H64N6O7. The van der Waals surface area contributed by atoms with Crippen molar-refractivity contribution in [2.45, 2.75) is 110 Å². The Morgan fingerprint density at radius 3 is 1.87 bits per heavy atom. The molecule has 328 valence electrons. The van der Waals surface area contributed by atoms with Gasteiger partial charge in [0.05, 0.1) is 0 Å². The first-order valence-corrected chi connectivity index (χ1v) is 21.0. The Hall–Kier alpha value is -5.79. The fourth-order valence-corrected chi connectivity index (χ4v) is 7.13. The highest BCUT2D eigenvalue weighted by atomic mass is 16.6. The average molecular weight is 837 g/mol. The van der Waals surface area contributed by atoms with Crippen LogP contribution in [0.15, 0.2) is 103 Å².